The molecule has 0 saturated heterocycles. The summed E-state index contributed by atoms with van der Waals surface area (Å²) in [5, 5.41) is 15.7. The van der Waals surface area contributed by atoms with E-state index in [1.807, 2.05) is 18.2 Å². The number of ether oxygens (including phenoxy) is 2. The van der Waals surface area contributed by atoms with Crippen molar-refractivity contribution in [2.24, 2.45) is 5.10 Å². The van der Waals surface area contributed by atoms with Crippen LogP contribution in [0, 0.1) is 10.1 Å². The number of nitro groups is 1. The van der Waals surface area contributed by atoms with Crippen LogP contribution >= 0.6 is 27.5 Å². The first-order valence-corrected chi connectivity index (χ1v) is 11.2. The van der Waals surface area contributed by atoms with Gasteiger partial charge in [0.15, 0.2) is 11.5 Å². The number of hydrazone groups is 1. The standard InChI is InChI=1S/C23H18BrClF3N3O4/c1-2-34-21-10-14(9-17(24)22(21)35-13-15-5-3-4-6-18(15)25)12-29-30-19-8-7-16(23(26,27)28)11-20(19)31(32)33/h3-12,30H,2,13H2,1H3/b29-12-. The summed E-state index contributed by atoms with van der Waals surface area (Å²) in [6, 6.07) is 12.7. The molecule has 3 aromatic carbocycles. The van der Waals surface area contributed by atoms with Gasteiger partial charge in [-0.05, 0) is 58.7 Å². The maximum Gasteiger partial charge on any atom is 0.416 e. The summed E-state index contributed by atoms with van der Waals surface area (Å²) in [7, 11) is 0. The van der Waals surface area contributed by atoms with E-state index in [0.29, 0.717) is 39.2 Å². The number of rotatable bonds is 9. The average molecular weight is 573 g/mol. The molecule has 0 bridgehead atoms. The van der Waals surface area contributed by atoms with E-state index in [4.69, 9.17) is 21.1 Å². The Kier molecular flexibility index (Phi) is 8.57. The van der Waals surface area contributed by atoms with Gasteiger partial charge in [-0.15, -0.1) is 0 Å². The Morgan fingerprint density at radius 2 is 1.91 bits per heavy atom. The van der Waals surface area contributed by atoms with Crippen molar-refractivity contribution in [3.63, 3.8) is 0 Å². The molecule has 12 heteroatoms. The molecule has 0 amide bonds. The first-order valence-electron chi connectivity index (χ1n) is 10.1. The van der Waals surface area contributed by atoms with Crippen LogP contribution in [0.15, 0.2) is 64.2 Å². The summed E-state index contributed by atoms with van der Waals surface area (Å²) >= 11 is 9.62. The van der Waals surface area contributed by atoms with Crippen LogP contribution in [0.25, 0.3) is 0 Å². The van der Waals surface area contributed by atoms with E-state index in [1.165, 1.54) is 6.21 Å². The molecule has 0 saturated carbocycles. The summed E-state index contributed by atoms with van der Waals surface area (Å²) in [5.41, 5.74) is 1.67. The molecule has 0 atom stereocenters. The number of benzene rings is 3. The number of alkyl halides is 3. The molecule has 1 N–H and O–H groups in total. The van der Waals surface area contributed by atoms with Crippen molar-refractivity contribution < 1.29 is 27.6 Å². The lowest BCUT2D eigenvalue weighted by atomic mass is 10.1. The number of nitrogens with one attached hydrogen (secondary N) is 1. The van der Waals surface area contributed by atoms with Crippen molar-refractivity contribution in [2.45, 2.75) is 19.7 Å². The van der Waals surface area contributed by atoms with Gasteiger partial charge < -0.3 is 9.47 Å². The quantitative estimate of drug-likeness (QED) is 0.163. The molecule has 3 rings (SSSR count). The van der Waals surface area contributed by atoms with Gasteiger partial charge in [0, 0.05) is 16.7 Å². The number of nitrogens with zero attached hydrogens (tertiary/aromatic N) is 2. The maximum absolute atomic E-state index is 12.9. The molecule has 184 valence electrons. The van der Waals surface area contributed by atoms with Crippen LogP contribution in [0.4, 0.5) is 24.5 Å². The Morgan fingerprint density at radius 3 is 2.57 bits per heavy atom. The van der Waals surface area contributed by atoms with Crippen LogP contribution in [0.1, 0.15) is 23.6 Å². The number of halogens is 5. The Balaban J connectivity index is 1.81. The summed E-state index contributed by atoms with van der Waals surface area (Å²) in [6.45, 7) is 2.36. The monoisotopic (exact) mass is 571 g/mol. The Morgan fingerprint density at radius 1 is 1.17 bits per heavy atom. The molecule has 0 fully saturated rings. The minimum Gasteiger partial charge on any atom is -0.490 e. The van der Waals surface area contributed by atoms with E-state index >= 15 is 0 Å². The van der Waals surface area contributed by atoms with Crippen LogP contribution in [0.2, 0.25) is 5.02 Å². The largest absolute Gasteiger partial charge is 0.490 e. The zero-order chi connectivity index (χ0) is 25.6. The number of hydrogen-bond acceptors (Lipinski definition) is 6. The van der Waals surface area contributed by atoms with Crippen molar-refractivity contribution in [1.29, 1.82) is 0 Å². The lowest BCUT2D eigenvalue weighted by Crippen LogP contribution is -2.06. The molecular weight excluding hydrogens is 555 g/mol. The highest BCUT2D eigenvalue weighted by Crippen LogP contribution is 2.38. The fourth-order valence-electron chi connectivity index (χ4n) is 2.96. The highest BCUT2D eigenvalue weighted by molar-refractivity contribution is 9.10. The van der Waals surface area contributed by atoms with Crippen LogP contribution < -0.4 is 14.9 Å². The third-order valence-corrected chi connectivity index (χ3v) is 5.54. The summed E-state index contributed by atoms with van der Waals surface area (Å²) < 4.78 is 50.8. The maximum atomic E-state index is 12.9. The van der Waals surface area contributed by atoms with Crippen LogP contribution in [-0.4, -0.2) is 17.7 Å². The second-order valence-electron chi connectivity index (χ2n) is 7.00. The summed E-state index contributed by atoms with van der Waals surface area (Å²) in [4.78, 5) is 10.3. The Hall–Kier alpha value is -3.31. The molecule has 7 nitrogen and oxygen atoms in total. The van der Waals surface area contributed by atoms with Crippen molar-refractivity contribution in [3.05, 3.63) is 90.9 Å². The fraction of sp³-hybridized carbons (Fsp3) is 0.174. The third kappa shape index (κ3) is 6.86. The molecule has 0 radical (unpaired) electrons. The predicted octanol–water partition coefficient (Wildman–Crippen LogP) is 7.45. The van der Waals surface area contributed by atoms with Crippen LogP contribution in [0.3, 0.4) is 0 Å². The highest BCUT2D eigenvalue weighted by Gasteiger charge is 2.33. The van der Waals surface area contributed by atoms with Crippen molar-refractivity contribution >= 4 is 45.1 Å². The van der Waals surface area contributed by atoms with Crippen molar-refractivity contribution in [1.82, 2.24) is 0 Å². The molecule has 0 unspecified atom stereocenters. The zero-order valence-electron chi connectivity index (χ0n) is 18.1. The van der Waals surface area contributed by atoms with Crippen LogP contribution in [-0.2, 0) is 12.8 Å². The van der Waals surface area contributed by atoms with Gasteiger partial charge >= 0.3 is 6.18 Å². The van der Waals surface area contributed by atoms with Crippen molar-refractivity contribution in [2.75, 3.05) is 12.0 Å². The highest BCUT2D eigenvalue weighted by atomic mass is 79.9. The smallest absolute Gasteiger partial charge is 0.416 e. The second kappa shape index (κ2) is 11.4. The number of anilines is 1. The van der Waals surface area contributed by atoms with Gasteiger partial charge in [0.05, 0.1) is 27.8 Å². The van der Waals surface area contributed by atoms with Gasteiger partial charge in [0.25, 0.3) is 5.69 Å². The number of nitro benzene ring substituents is 1. The van der Waals surface area contributed by atoms with Gasteiger partial charge in [-0.2, -0.15) is 18.3 Å². The second-order valence-corrected chi connectivity index (χ2v) is 8.26. The Bertz CT molecular complexity index is 1260. The SMILES string of the molecule is CCOc1cc(/C=N\Nc2ccc(C(F)(F)F)cc2[N+](=O)[O-])cc(Br)c1OCc1ccccc1Cl. The molecule has 0 aliphatic carbocycles. The summed E-state index contributed by atoms with van der Waals surface area (Å²) in [6.07, 6.45) is -3.36. The number of hydrogen-bond donors (Lipinski definition) is 1. The Labute approximate surface area is 211 Å². The predicted molar refractivity (Wildman–Crippen MR) is 130 cm³/mol. The van der Waals surface area contributed by atoms with E-state index in [2.05, 4.69) is 26.5 Å². The summed E-state index contributed by atoms with van der Waals surface area (Å²) in [5.74, 6) is 0.853. The minimum absolute atomic E-state index is 0.192. The van der Waals surface area contributed by atoms with Crippen molar-refractivity contribution in [3.8, 4) is 11.5 Å². The molecule has 0 heterocycles. The topological polar surface area (TPSA) is 86.0 Å². The van der Waals surface area contributed by atoms with E-state index in [1.54, 1.807) is 25.1 Å². The molecule has 0 spiro atoms. The van der Waals surface area contributed by atoms with Gasteiger partial charge in [0.1, 0.15) is 12.3 Å². The molecule has 0 aromatic heterocycles. The third-order valence-electron chi connectivity index (χ3n) is 4.58. The molecule has 0 aliphatic heterocycles. The van der Waals surface area contributed by atoms with E-state index < -0.39 is 22.4 Å². The van der Waals surface area contributed by atoms with Gasteiger partial charge in [0.2, 0.25) is 0 Å². The van der Waals surface area contributed by atoms with Gasteiger partial charge in [-0.3, -0.25) is 15.5 Å². The van der Waals surface area contributed by atoms with Gasteiger partial charge in [-0.25, -0.2) is 0 Å². The molecule has 3 aromatic rings. The minimum atomic E-state index is -4.70. The van der Waals surface area contributed by atoms with E-state index in [9.17, 15) is 23.3 Å². The fourth-order valence-corrected chi connectivity index (χ4v) is 3.73. The van der Waals surface area contributed by atoms with Crippen LogP contribution in [0.5, 0.6) is 11.5 Å². The molecular formula is C23H18BrClF3N3O4. The molecule has 35 heavy (non-hydrogen) atoms. The molecule has 0 aliphatic rings. The van der Waals surface area contributed by atoms with E-state index in [-0.39, 0.29) is 12.3 Å². The lowest BCUT2D eigenvalue weighted by molar-refractivity contribution is -0.384. The zero-order valence-corrected chi connectivity index (χ0v) is 20.4. The lowest BCUT2D eigenvalue weighted by Gasteiger charge is -2.15. The normalized spacial score (nSPS) is 11.5. The first-order chi connectivity index (χ1) is 16.6. The average Bonchev–Trinajstić information content (AvgIpc) is 2.79. The van der Waals surface area contributed by atoms with E-state index in [0.717, 1.165) is 17.7 Å². The first kappa shape index (κ1) is 26.3. The van der Waals surface area contributed by atoms with Gasteiger partial charge in [-0.1, -0.05) is 29.8 Å².